The van der Waals surface area contributed by atoms with E-state index in [0.717, 1.165) is 103 Å². The van der Waals surface area contributed by atoms with Crippen molar-refractivity contribution in [3.63, 3.8) is 0 Å². The Bertz CT molecular complexity index is 1720. The van der Waals surface area contributed by atoms with E-state index in [-0.39, 0.29) is 25.7 Å². The topological polar surface area (TPSA) is 237 Å². The summed E-state index contributed by atoms with van der Waals surface area (Å²) >= 11 is 0. The zero-order chi connectivity index (χ0) is 66.1. The molecular weight excluding hydrogens is 1190 g/mol. The standard InChI is InChI=1S/C71H138O17P2/c1-5-9-13-17-21-24-26-28-29-30-31-32-33-34-35-36-37-39-42-46-50-54-58-71(76)88-67(62-82-69(74)56-52-48-44-41-38-27-25-22-18-14-10-6-2)64-86-90(79,80)84-60-65(72)59-83-89(77,78)85-63-66(61-81-68(73)55-51-47-43-20-16-12-8-4)87-70(75)57-53-49-45-40-23-19-15-11-7-3/h65-67,72H,5-64H2,1-4H3,(H,77,78)(H,79,80)/t65-,66+,67+/m0/s1. The van der Waals surface area contributed by atoms with Crippen molar-refractivity contribution in [1.29, 1.82) is 0 Å². The van der Waals surface area contributed by atoms with E-state index < -0.39 is 97.5 Å². The quantitative estimate of drug-likeness (QED) is 0.0222. The fourth-order valence-electron chi connectivity index (χ4n) is 10.9. The number of hydrogen-bond donors (Lipinski definition) is 3. The van der Waals surface area contributed by atoms with Gasteiger partial charge in [0.2, 0.25) is 0 Å². The first kappa shape index (κ1) is 88.1. The molecule has 90 heavy (non-hydrogen) atoms. The third-order valence-corrected chi connectivity index (χ3v) is 18.5. The first-order valence-electron chi connectivity index (χ1n) is 37.3. The fourth-order valence-corrected chi connectivity index (χ4v) is 12.4. The number of hydrogen-bond acceptors (Lipinski definition) is 15. The van der Waals surface area contributed by atoms with Crippen LogP contribution in [0.3, 0.4) is 0 Å². The molecule has 0 spiro atoms. The maximum Gasteiger partial charge on any atom is 0.472 e. The van der Waals surface area contributed by atoms with Gasteiger partial charge in [-0.2, -0.15) is 0 Å². The molecule has 0 aliphatic heterocycles. The molecule has 3 N–H and O–H groups in total. The number of rotatable bonds is 72. The van der Waals surface area contributed by atoms with Crippen LogP contribution in [0.25, 0.3) is 0 Å². The van der Waals surface area contributed by atoms with Crippen molar-refractivity contribution < 1.29 is 80.2 Å². The molecule has 5 atom stereocenters. The summed E-state index contributed by atoms with van der Waals surface area (Å²) in [5.74, 6) is -2.13. The summed E-state index contributed by atoms with van der Waals surface area (Å²) in [5, 5.41) is 10.6. The maximum atomic E-state index is 13.0. The highest BCUT2D eigenvalue weighted by Crippen LogP contribution is 2.45. The number of esters is 4. The van der Waals surface area contributed by atoms with Crippen molar-refractivity contribution >= 4 is 39.5 Å². The predicted molar refractivity (Wildman–Crippen MR) is 363 cm³/mol. The highest BCUT2D eigenvalue weighted by molar-refractivity contribution is 7.47. The van der Waals surface area contributed by atoms with Crippen LogP contribution in [-0.2, 0) is 65.4 Å². The Morgan fingerprint density at radius 3 is 0.656 bits per heavy atom. The maximum absolute atomic E-state index is 13.0. The van der Waals surface area contributed by atoms with Gasteiger partial charge in [0.25, 0.3) is 0 Å². The van der Waals surface area contributed by atoms with E-state index in [1.807, 2.05) is 0 Å². The normalized spacial score (nSPS) is 14.0. The van der Waals surface area contributed by atoms with Crippen LogP contribution in [0.5, 0.6) is 0 Å². The number of carbonyl (C=O) groups excluding carboxylic acids is 4. The van der Waals surface area contributed by atoms with Crippen LogP contribution in [0.1, 0.15) is 374 Å². The first-order chi connectivity index (χ1) is 43.7. The molecule has 0 amide bonds. The lowest BCUT2D eigenvalue weighted by atomic mass is 10.0. The van der Waals surface area contributed by atoms with Crippen LogP contribution in [0.4, 0.5) is 0 Å². The fraction of sp³-hybridized carbons (Fsp3) is 0.944. The van der Waals surface area contributed by atoms with Gasteiger partial charge in [-0.25, -0.2) is 9.13 Å². The summed E-state index contributed by atoms with van der Waals surface area (Å²) in [6.07, 6.45) is 54.4. The molecule has 0 radical (unpaired) electrons. The van der Waals surface area contributed by atoms with E-state index in [9.17, 15) is 43.2 Å². The van der Waals surface area contributed by atoms with Crippen LogP contribution >= 0.6 is 15.6 Å². The van der Waals surface area contributed by atoms with E-state index in [0.29, 0.717) is 25.7 Å². The van der Waals surface area contributed by atoms with E-state index in [1.165, 1.54) is 193 Å². The van der Waals surface area contributed by atoms with Crippen molar-refractivity contribution in [3.05, 3.63) is 0 Å². The van der Waals surface area contributed by atoms with Gasteiger partial charge < -0.3 is 33.8 Å². The zero-order valence-electron chi connectivity index (χ0n) is 58.1. The number of aliphatic hydroxyl groups excluding tert-OH is 1. The highest BCUT2D eigenvalue weighted by atomic mass is 31.2. The van der Waals surface area contributed by atoms with Gasteiger partial charge in [0.1, 0.15) is 19.3 Å². The van der Waals surface area contributed by atoms with Gasteiger partial charge in [-0.05, 0) is 25.7 Å². The molecule has 19 heteroatoms. The van der Waals surface area contributed by atoms with Gasteiger partial charge in [0, 0.05) is 25.7 Å². The molecule has 0 aliphatic rings. The van der Waals surface area contributed by atoms with Gasteiger partial charge in [0.05, 0.1) is 26.4 Å². The molecule has 0 saturated carbocycles. The van der Waals surface area contributed by atoms with E-state index >= 15 is 0 Å². The third-order valence-electron chi connectivity index (χ3n) is 16.6. The second-order valence-electron chi connectivity index (χ2n) is 25.6. The average molecular weight is 1330 g/mol. The molecular formula is C71H138O17P2. The minimum atomic E-state index is -4.95. The molecule has 0 bridgehead atoms. The molecule has 0 saturated heterocycles. The Hall–Kier alpha value is -1.94. The van der Waals surface area contributed by atoms with Crippen molar-refractivity contribution in [3.8, 4) is 0 Å². The second kappa shape index (κ2) is 65.7. The summed E-state index contributed by atoms with van der Waals surface area (Å²) in [4.78, 5) is 72.3. The zero-order valence-corrected chi connectivity index (χ0v) is 59.9. The number of phosphoric acid groups is 2. The van der Waals surface area contributed by atoms with Gasteiger partial charge in [0.15, 0.2) is 12.2 Å². The molecule has 0 aromatic carbocycles. The molecule has 17 nitrogen and oxygen atoms in total. The van der Waals surface area contributed by atoms with Gasteiger partial charge in [-0.3, -0.25) is 37.3 Å². The Labute approximate surface area is 549 Å². The van der Waals surface area contributed by atoms with Crippen molar-refractivity contribution in [2.45, 2.75) is 393 Å². The average Bonchev–Trinajstić information content (AvgIpc) is 3.59. The largest absolute Gasteiger partial charge is 0.472 e. The summed E-state index contributed by atoms with van der Waals surface area (Å²) in [6.45, 7) is 4.88. The number of aliphatic hydroxyl groups is 1. The summed E-state index contributed by atoms with van der Waals surface area (Å²) in [5.41, 5.74) is 0. The van der Waals surface area contributed by atoms with E-state index in [2.05, 4.69) is 27.7 Å². The van der Waals surface area contributed by atoms with Crippen LogP contribution in [0.15, 0.2) is 0 Å². The van der Waals surface area contributed by atoms with Crippen LogP contribution in [0.2, 0.25) is 0 Å². The molecule has 534 valence electrons. The van der Waals surface area contributed by atoms with Gasteiger partial charge in [-0.1, -0.05) is 323 Å². The second-order valence-corrected chi connectivity index (χ2v) is 28.5. The molecule has 0 rings (SSSR count). The van der Waals surface area contributed by atoms with Crippen LogP contribution in [0, 0.1) is 0 Å². The number of carbonyl (C=O) groups is 4. The molecule has 0 heterocycles. The lowest BCUT2D eigenvalue weighted by molar-refractivity contribution is -0.161. The van der Waals surface area contributed by atoms with Gasteiger partial charge >= 0.3 is 39.5 Å². The van der Waals surface area contributed by atoms with E-state index in [1.54, 1.807) is 0 Å². The molecule has 0 aromatic rings. The molecule has 0 aromatic heterocycles. The minimum Gasteiger partial charge on any atom is -0.462 e. The monoisotopic (exact) mass is 1320 g/mol. The van der Waals surface area contributed by atoms with E-state index in [4.69, 9.17) is 37.0 Å². The first-order valence-corrected chi connectivity index (χ1v) is 40.3. The Balaban J connectivity index is 5.10. The lowest BCUT2D eigenvalue weighted by Crippen LogP contribution is -2.30. The van der Waals surface area contributed by atoms with Crippen LogP contribution < -0.4 is 0 Å². The van der Waals surface area contributed by atoms with Crippen molar-refractivity contribution in [1.82, 2.24) is 0 Å². The van der Waals surface area contributed by atoms with Crippen molar-refractivity contribution in [2.75, 3.05) is 39.6 Å². The minimum absolute atomic E-state index is 0.106. The Morgan fingerprint density at radius 2 is 0.444 bits per heavy atom. The molecule has 0 fully saturated rings. The smallest absolute Gasteiger partial charge is 0.462 e. The van der Waals surface area contributed by atoms with Crippen molar-refractivity contribution in [2.24, 2.45) is 0 Å². The summed E-state index contributed by atoms with van der Waals surface area (Å²) in [6, 6.07) is 0. The van der Waals surface area contributed by atoms with Gasteiger partial charge in [-0.15, -0.1) is 0 Å². The number of phosphoric ester groups is 2. The highest BCUT2D eigenvalue weighted by Gasteiger charge is 2.30. The third kappa shape index (κ3) is 64.8. The Morgan fingerprint density at radius 1 is 0.267 bits per heavy atom. The lowest BCUT2D eigenvalue weighted by Gasteiger charge is -2.21. The number of unbranched alkanes of at least 4 members (excludes halogenated alkanes) is 46. The molecule has 2 unspecified atom stereocenters. The number of ether oxygens (including phenoxy) is 4. The van der Waals surface area contributed by atoms with Crippen LogP contribution in [-0.4, -0.2) is 96.7 Å². The SMILES string of the molecule is CCCCCCCCCCCCCCCCCCCCCCCCC(=O)O[C@H](COC(=O)CCCCCCCCCCCCCC)COP(=O)(O)OC[C@@H](O)COP(=O)(O)OC[C@@H](COC(=O)CCCCCCCCC)OC(=O)CCCCCCCCCCC. The molecule has 0 aliphatic carbocycles. The Kier molecular flexibility index (Phi) is 64.3. The predicted octanol–water partition coefficient (Wildman–Crippen LogP) is 20.7. The summed E-state index contributed by atoms with van der Waals surface area (Å²) < 4.78 is 68.1. The summed E-state index contributed by atoms with van der Waals surface area (Å²) in [7, 11) is -9.89.